The summed E-state index contributed by atoms with van der Waals surface area (Å²) in [4.78, 5) is 29.5. The van der Waals surface area contributed by atoms with Gasteiger partial charge in [-0.25, -0.2) is 0 Å². The van der Waals surface area contributed by atoms with Crippen LogP contribution < -0.4 is 16.8 Å². The largest absolute Gasteiger partial charge is 0.382 e. The van der Waals surface area contributed by atoms with Crippen molar-refractivity contribution in [1.82, 2.24) is 15.2 Å². The monoisotopic (exact) mass is 304 g/mol. The van der Waals surface area contributed by atoms with Crippen LogP contribution in [0.1, 0.15) is 24.1 Å². The normalized spacial score (nSPS) is 17.3. The molecule has 0 aromatic carbocycles. The molecule has 6 N–H and O–H groups in total. The Balaban J connectivity index is 1.92. The fraction of sp³-hybridized carbons (Fsp3) is 0.429. The Kier molecular flexibility index (Phi) is 5.05. The molecule has 8 heteroatoms. The quantitative estimate of drug-likeness (QED) is 0.405. The molecule has 1 atom stereocenters. The zero-order chi connectivity index (χ0) is 16.1. The predicted octanol–water partition coefficient (Wildman–Crippen LogP) is -1.07. The van der Waals surface area contributed by atoms with Gasteiger partial charge in [0.1, 0.15) is 17.6 Å². The Morgan fingerprint density at radius 3 is 2.82 bits per heavy atom. The van der Waals surface area contributed by atoms with Crippen LogP contribution in [0.3, 0.4) is 0 Å². The zero-order valence-electron chi connectivity index (χ0n) is 12.2. The second kappa shape index (κ2) is 6.99. The van der Waals surface area contributed by atoms with Crippen molar-refractivity contribution in [3.63, 3.8) is 0 Å². The summed E-state index contributed by atoms with van der Waals surface area (Å²) in [5.74, 6) is -0.488. The molecule has 0 aliphatic carbocycles. The molecule has 0 radical (unpaired) electrons. The van der Waals surface area contributed by atoms with E-state index in [1.165, 1.54) is 4.90 Å². The van der Waals surface area contributed by atoms with Crippen LogP contribution in [0.25, 0.3) is 0 Å². The van der Waals surface area contributed by atoms with Gasteiger partial charge in [-0.3, -0.25) is 20.0 Å². The summed E-state index contributed by atoms with van der Waals surface area (Å²) in [6.45, 7) is 0.800. The molecule has 0 saturated carbocycles. The summed E-state index contributed by atoms with van der Waals surface area (Å²) in [6, 6.07) is 2.94. The van der Waals surface area contributed by atoms with Crippen molar-refractivity contribution < 1.29 is 9.59 Å². The number of nitrogen functional groups attached to an aromatic ring is 1. The van der Waals surface area contributed by atoms with Gasteiger partial charge < -0.3 is 21.7 Å². The molecule has 2 amide bonds. The molecule has 118 valence electrons. The summed E-state index contributed by atoms with van der Waals surface area (Å²) < 4.78 is 0. The summed E-state index contributed by atoms with van der Waals surface area (Å²) >= 11 is 0. The Hall–Kier alpha value is -2.48. The average molecular weight is 304 g/mol. The minimum atomic E-state index is -0.444. The van der Waals surface area contributed by atoms with Gasteiger partial charge in [-0.2, -0.15) is 0 Å². The molecule has 2 rings (SSSR count). The lowest BCUT2D eigenvalue weighted by Gasteiger charge is -2.23. The third kappa shape index (κ3) is 3.59. The van der Waals surface area contributed by atoms with Crippen LogP contribution in [0.15, 0.2) is 18.3 Å². The van der Waals surface area contributed by atoms with Gasteiger partial charge in [0.05, 0.1) is 6.54 Å². The Labute approximate surface area is 128 Å². The van der Waals surface area contributed by atoms with Crippen LogP contribution in [0, 0.1) is 5.41 Å². The van der Waals surface area contributed by atoms with Gasteiger partial charge in [0, 0.05) is 19.3 Å². The van der Waals surface area contributed by atoms with E-state index in [0.717, 1.165) is 12.0 Å². The van der Waals surface area contributed by atoms with Crippen molar-refractivity contribution in [3.8, 4) is 0 Å². The van der Waals surface area contributed by atoms with Crippen molar-refractivity contribution in [2.75, 3.05) is 13.1 Å². The highest BCUT2D eigenvalue weighted by Gasteiger charge is 2.33. The lowest BCUT2D eigenvalue weighted by atomic mass is 10.2. The number of carbonyl (C=O) groups is 2. The van der Waals surface area contributed by atoms with Crippen molar-refractivity contribution in [2.24, 2.45) is 11.5 Å². The lowest BCUT2D eigenvalue weighted by molar-refractivity contribution is -0.137. The standard InChI is InChI=1S/C14H20N6O2/c15-6-12(21)20-5-1-2-11(20)14(22)19-8-9-3-4-10(13(16)17)18-7-9/h3-4,7,11H,1-2,5-6,8,15H2,(H3,16,17)(H,19,22)/t11-/m0/s1. The number of pyridine rings is 1. The number of hydrogen-bond acceptors (Lipinski definition) is 5. The molecular weight excluding hydrogens is 284 g/mol. The summed E-state index contributed by atoms with van der Waals surface area (Å²) in [7, 11) is 0. The smallest absolute Gasteiger partial charge is 0.243 e. The van der Waals surface area contributed by atoms with Gasteiger partial charge in [-0.15, -0.1) is 0 Å². The zero-order valence-corrected chi connectivity index (χ0v) is 12.2. The first-order valence-corrected chi connectivity index (χ1v) is 7.09. The van der Waals surface area contributed by atoms with Crippen LogP contribution in [0.4, 0.5) is 0 Å². The van der Waals surface area contributed by atoms with E-state index in [1.807, 2.05) is 0 Å². The first-order chi connectivity index (χ1) is 10.5. The summed E-state index contributed by atoms with van der Waals surface area (Å²) in [5.41, 5.74) is 11.9. The molecular formula is C14H20N6O2. The molecule has 8 nitrogen and oxygen atoms in total. The third-order valence-electron chi connectivity index (χ3n) is 3.62. The van der Waals surface area contributed by atoms with Gasteiger partial charge in [0.15, 0.2) is 0 Å². The molecule has 1 fully saturated rings. The number of hydrogen-bond donors (Lipinski definition) is 4. The number of rotatable bonds is 5. The number of nitrogens with zero attached hydrogens (tertiary/aromatic N) is 2. The second-order valence-electron chi connectivity index (χ2n) is 5.13. The van der Waals surface area contributed by atoms with Crippen molar-refractivity contribution in [3.05, 3.63) is 29.6 Å². The van der Waals surface area contributed by atoms with Crippen LogP contribution >= 0.6 is 0 Å². The SMILES string of the molecule is N=C(N)c1ccc(CNC(=O)[C@@H]2CCCN2C(=O)CN)cn1. The highest BCUT2D eigenvalue weighted by molar-refractivity contribution is 5.93. The highest BCUT2D eigenvalue weighted by atomic mass is 16.2. The maximum Gasteiger partial charge on any atom is 0.243 e. The molecule has 1 saturated heterocycles. The number of carbonyl (C=O) groups excluding carboxylic acids is 2. The van der Waals surface area contributed by atoms with E-state index in [0.29, 0.717) is 25.2 Å². The van der Waals surface area contributed by atoms with Gasteiger partial charge in [-0.05, 0) is 24.5 Å². The maximum absolute atomic E-state index is 12.2. The molecule has 0 unspecified atom stereocenters. The van der Waals surface area contributed by atoms with Crippen molar-refractivity contribution in [2.45, 2.75) is 25.4 Å². The van der Waals surface area contributed by atoms with Gasteiger partial charge in [-0.1, -0.05) is 6.07 Å². The van der Waals surface area contributed by atoms with E-state index in [1.54, 1.807) is 18.3 Å². The summed E-state index contributed by atoms with van der Waals surface area (Å²) in [6.07, 6.45) is 3.02. The van der Waals surface area contributed by atoms with E-state index in [9.17, 15) is 9.59 Å². The van der Waals surface area contributed by atoms with Crippen LogP contribution in [0.5, 0.6) is 0 Å². The molecule has 1 aromatic heterocycles. The second-order valence-corrected chi connectivity index (χ2v) is 5.13. The Morgan fingerprint density at radius 2 is 2.23 bits per heavy atom. The van der Waals surface area contributed by atoms with Crippen molar-refractivity contribution in [1.29, 1.82) is 5.41 Å². The highest BCUT2D eigenvalue weighted by Crippen LogP contribution is 2.17. The minimum Gasteiger partial charge on any atom is -0.382 e. The third-order valence-corrected chi connectivity index (χ3v) is 3.62. The maximum atomic E-state index is 12.2. The number of aromatic nitrogens is 1. The number of amides is 2. The molecule has 0 bridgehead atoms. The fourth-order valence-corrected chi connectivity index (χ4v) is 2.45. The first kappa shape index (κ1) is 15.9. The van der Waals surface area contributed by atoms with Crippen LogP contribution in [0.2, 0.25) is 0 Å². The molecule has 2 heterocycles. The van der Waals surface area contributed by atoms with Gasteiger partial charge >= 0.3 is 0 Å². The van der Waals surface area contributed by atoms with Crippen LogP contribution in [-0.4, -0.2) is 46.7 Å². The van der Waals surface area contributed by atoms with E-state index in [2.05, 4.69) is 10.3 Å². The number of amidine groups is 1. The molecule has 1 aromatic rings. The molecule has 22 heavy (non-hydrogen) atoms. The number of likely N-dealkylation sites (tertiary alicyclic amines) is 1. The summed E-state index contributed by atoms with van der Waals surface area (Å²) in [5, 5.41) is 10.1. The van der Waals surface area contributed by atoms with E-state index < -0.39 is 6.04 Å². The van der Waals surface area contributed by atoms with E-state index in [-0.39, 0.29) is 24.2 Å². The van der Waals surface area contributed by atoms with Crippen LogP contribution in [-0.2, 0) is 16.1 Å². The first-order valence-electron chi connectivity index (χ1n) is 7.09. The van der Waals surface area contributed by atoms with Gasteiger partial charge in [0.25, 0.3) is 0 Å². The van der Waals surface area contributed by atoms with Gasteiger partial charge in [0.2, 0.25) is 11.8 Å². The number of nitrogens with two attached hydrogens (primary N) is 2. The molecule has 1 aliphatic heterocycles. The van der Waals surface area contributed by atoms with E-state index >= 15 is 0 Å². The Bertz CT molecular complexity index is 571. The molecule has 0 spiro atoms. The topological polar surface area (TPSA) is 138 Å². The van der Waals surface area contributed by atoms with Crippen molar-refractivity contribution >= 4 is 17.6 Å². The van der Waals surface area contributed by atoms with E-state index in [4.69, 9.17) is 16.9 Å². The predicted molar refractivity (Wildman–Crippen MR) is 80.9 cm³/mol. The average Bonchev–Trinajstić information content (AvgIpc) is 3.01. The fourth-order valence-electron chi connectivity index (χ4n) is 2.45. The Morgan fingerprint density at radius 1 is 1.45 bits per heavy atom. The lowest BCUT2D eigenvalue weighted by Crippen LogP contribution is -2.47. The minimum absolute atomic E-state index is 0.0831. The number of nitrogens with one attached hydrogen (secondary N) is 2. The molecule has 1 aliphatic rings.